The summed E-state index contributed by atoms with van der Waals surface area (Å²) in [5.41, 5.74) is 2.92. The van der Waals surface area contributed by atoms with Gasteiger partial charge in [0.05, 0.1) is 7.11 Å². The van der Waals surface area contributed by atoms with Crippen molar-refractivity contribution in [2.75, 3.05) is 12.4 Å². The normalized spacial score (nSPS) is 10.8. The van der Waals surface area contributed by atoms with Crippen molar-refractivity contribution in [1.29, 1.82) is 0 Å². The van der Waals surface area contributed by atoms with Crippen molar-refractivity contribution in [2.45, 2.75) is 19.8 Å². The first-order valence-corrected chi connectivity index (χ1v) is 7.57. The smallest absolute Gasteiger partial charge is 0.323 e. The van der Waals surface area contributed by atoms with Crippen molar-refractivity contribution in [3.63, 3.8) is 0 Å². The molecule has 2 amide bonds. The number of hydrogen-bond acceptors (Lipinski definition) is 2. The van der Waals surface area contributed by atoms with Gasteiger partial charge >= 0.3 is 6.03 Å². The number of methoxy groups -OCH3 is 1. The highest BCUT2D eigenvalue weighted by atomic mass is 16.5. The van der Waals surface area contributed by atoms with Gasteiger partial charge in [-0.3, -0.25) is 0 Å². The number of ether oxygens (including phenoxy) is 1. The maximum Gasteiger partial charge on any atom is 0.323 e. The van der Waals surface area contributed by atoms with Gasteiger partial charge in [0.25, 0.3) is 0 Å². The third kappa shape index (κ3) is 4.88. The third-order valence-electron chi connectivity index (χ3n) is 3.44. The largest absolute Gasteiger partial charge is 0.497 e. The summed E-state index contributed by atoms with van der Waals surface area (Å²) < 4.78 is 5.10. The number of amides is 2. The van der Waals surface area contributed by atoms with Crippen LogP contribution in [0.15, 0.2) is 54.7 Å². The molecule has 0 unspecified atom stereocenters. The molecule has 2 rings (SSSR count). The van der Waals surface area contributed by atoms with Gasteiger partial charge in [-0.1, -0.05) is 44.2 Å². The Morgan fingerprint density at radius 2 is 1.78 bits per heavy atom. The average molecular weight is 310 g/mol. The van der Waals surface area contributed by atoms with Crippen LogP contribution in [0.2, 0.25) is 0 Å². The fourth-order valence-corrected chi connectivity index (χ4v) is 2.20. The fraction of sp³-hybridized carbons (Fsp3) is 0.211. The molecule has 0 fully saturated rings. The predicted octanol–water partition coefficient (Wildman–Crippen LogP) is 4.61. The van der Waals surface area contributed by atoms with Gasteiger partial charge in [0.2, 0.25) is 0 Å². The molecule has 0 aromatic heterocycles. The summed E-state index contributed by atoms with van der Waals surface area (Å²) in [4.78, 5) is 12.0. The van der Waals surface area contributed by atoms with Crippen LogP contribution in [0.3, 0.4) is 0 Å². The van der Waals surface area contributed by atoms with E-state index < -0.39 is 0 Å². The van der Waals surface area contributed by atoms with Gasteiger partial charge < -0.3 is 15.4 Å². The van der Waals surface area contributed by atoms with Crippen LogP contribution in [0.1, 0.15) is 30.9 Å². The number of anilines is 1. The third-order valence-corrected chi connectivity index (χ3v) is 3.44. The molecule has 120 valence electrons. The molecular formula is C19H22N2O2. The minimum absolute atomic E-state index is 0.261. The topological polar surface area (TPSA) is 50.4 Å². The molecule has 2 aromatic carbocycles. The van der Waals surface area contributed by atoms with Crippen LogP contribution in [-0.4, -0.2) is 13.1 Å². The van der Waals surface area contributed by atoms with Crippen molar-refractivity contribution >= 4 is 17.8 Å². The summed E-state index contributed by atoms with van der Waals surface area (Å²) in [6.07, 6.45) is 3.45. The molecule has 0 aliphatic rings. The van der Waals surface area contributed by atoms with Crippen LogP contribution in [0.25, 0.3) is 6.08 Å². The van der Waals surface area contributed by atoms with Gasteiger partial charge in [-0.25, -0.2) is 4.79 Å². The van der Waals surface area contributed by atoms with Gasteiger partial charge in [-0.05, 0) is 41.3 Å². The lowest BCUT2D eigenvalue weighted by molar-refractivity contribution is 0.255. The molecule has 0 saturated heterocycles. The Morgan fingerprint density at radius 3 is 2.43 bits per heavy atom. The lowest BCUT2D eigenvalue weighted by Crippen LogP contribution is -2.24. The Hall–Kier alpha value is -2.75. The van der Waals surface area contributed by atoms with Crippen LogP contribution < -0.4 is 15.4 Å². The molecule has 0 heterocycles. The summed E-state index contributed by atoms with van der Waals surface area (Å²) in [6, 6.07) is 15.1. The summed E-state index contributed by atoms with van der Waals surface area (Å²) >= 11 is 0. The summed E-state index contributed by atoms with van der Waals surface area (Å²) in [5, 5.41) is 5.59. The number of rotatable bonds is 5. The van der Waals surface area contributed by atoms with E-state index in [1.54, 1.807) is 13.3 Å². The van der Waals surface area contributed by atoms with E-state index in [2.05, 4.69) is 24.5 Å². The molecule has 0 radical (unpaired) electrons. The highest BCUT2D eigenvalue weighted by Crippen LogP contribution is 2.23. The van der Waals surface area contributed by atoms with Crippen LogP contribution in [-0.2, 0) is 0 Å². The summed E-state index contributed by atoms with van der Waals surface area (Å²) in [5.74, 6) is 1.15. The van der Waals surface area contributed by atoms with E-state index in [0.29, 0.717) is 5.92 Å². The maximum atomic E-state index is 12.0. The zero-order valence-electron chi connectivity index (χ0n) is 13.7. The molecule has 0 atom stereocenters. The van der Waals surface area contributed by atoms with Gasteiger partial charge in [0.1, 0.15) is 5.75 Å². The van der Waals surface area contributed by atoms with E-state index in [1.807, 2.05) is 54.6 Å². The van der Waals surface area contributed by atoms with Crippen molar-refractivity contribution in [3.8, 4) is 5.75 Å². The first-order valence-electron chi connectivity index (χ1n) is 7.57. The Balaban J connectivity index is 1.93. The molecule has 0 spiro atoms. The Morgan fingerprint density at radius 1 is 1.09 bits per heavy atom. The highest BCUT2D eigenvalue weighted by molar-refractivity contribution is 5.91. The molecule has 4 heteroatoms. The van der Waals surface area contributed by atoms with Gasteiger partial charge in [-0.2, -0.15) is 0 Å². The molecule has 0 aliphatic carbocycles. The molecule has 0 bridgehead atoms. The minimum Gasteiger partial charge on any atom is -0.497 e. The zero-order chi connectivity index (χ0) is 16.7. The molecule has 0 aliphatic heterocycles. The number of carbonyl (C=O) groups is 1. The second-order valence-corrected chi connectivity index (χ2v) is 5.45. The Labute approximate surface area is 137 Å². The van der Waals surface area contributed by atoms with Gasteiger partial charge in [0.15, 0.2) is 0 Å². The Kier molecular flexibility index (Phi) is 5.80. The van der Waals surface area contributed by atoms with Crippen LogP contribution >= 0.6 is 0 Å². The number of urea groups is 1. The van der Waals surface area contributed by atoms with Crippen molar-refractivity contribution < 1.29 is 9.53 Å². The monoisotopic (exact) mass is 310 g/mol. The van der Waals surface area contributed by atoms with Gasteiger partial charge in [-0.15, -0.1) is 0 Å². The molecule has 4 nitrogen and oxygen atoms in total. The molecule has 2 N–H and O–H groups in total. The number of para-hydroxylation sites is 1. The number of hydrogen-bond donors (Lipinski definition) is 2. The maximum absolute atomic E-state index is 12.0. The van der Waals surface area contributed by atoms with E-state index in [-0.39, 0.29) is 6.03 Å². The Bertz CT molecular complexity index is 676. The average Bonchev–Trinajstić information content (AvgIpc) is 2.56. The second kappa shape index (κ2) is 8.03. The number of carbonyl (C=O) groups excluding carboxylic acids is 1. The van der Waals surface area contributed by atoms with Crippen molar-refractivity contribution in [3.05, 3.63) is 65.9 Å². The standard InChI is InChI=1S/C19H22N2O2/c1-14(2)17-6-4-5-7-18(17)21-19(22)20-13-12-15-8-10-16(23-3)11-9-15/h4-14H,1-3H3,(H2,20,21,22)/b13-12+. The second-order valence-electron chi connectivity index (χ2n) is 5.45. The van der Waals surface area contributed by atoms with E-state index in [9.17, 15) is 4.79 Å². The van der Waals surface area contributed by atoms with Gasteiger partial charge in [0, 0.05) is 11.9 Å². The first kappa shape index (κ1) is 16.6. The molecular weight excluding hydrogens is 288 g/mol. The van der Waals surface area contributed by atoms with Crippen molar-refractivity contribution in [2.24, 2.45) is 0 Å². The lowest BCUT2D eigenvalue weighted by atomic mass is 10.0. The summed E-state index contributed by atoms with van der Waals surface area (Å²) in [7, 11) is 1.63. The summed E-state index contributed by atoms with van der Waals surface area (Å²) in [6.45, 7) is 4.20. The highest BCUT2D eigenvalue weighted by Gasteiger charge is 2.07. The number of nitrogens with one attached hydrogen (secondary N) is 2. The quantitative estimate of drug-likeness (QED) is 0.847. The van der Waals surface area contributed by atoms with Crippen LogP contribution in [0.5, 0.6) is 5.75 Å². The van der Waals surface area contributed by atoms with Crippen LogP contribution in [0.4, 0.5) is 10.5 Å². The van der Waals surface area contributed by atoms with E-state index in [1.165, 1.54) is 0 Å². The lowest BCUT2D eigenvalue weighted by Gasteiger charge is -2.13. The molecule has 0 saturated carbocycles. The molecule has 23 heavy (non-hydrogen) atoms. The van der Waals surface area contributed by atoms with E-state index >= 15 is 0 Å². The predicted molar refractivity (Wildman–Crippen MR) is 94.7 cm³/mol. The van der Waals surface area contributed by atoms with Crippen LogP contribution in [0, 0.1) is 0 Å². The minimum atomic E-state index is -0.261. The fourth-order valence-electron chi connectivity index (χ4n) is 2.20. The first-order chi connectivity index (χ1) is 11.1. The molecule has 2 aromatic rings. The number of benzene rings is 2. The SMILES string of the molecule is COc1ccc(/C=C/NC(=O)Nc2ccccc2C(C)C)cc1. The zero-order valence-corrected chi connectivity index (χ0v) is 13.7. The van der Waals surface area contributed by atoms with E-state index in [4.69, 9.17) is 4.74 Å². The van der Waals surface area contributed by atoms with Crippen molar-refractivity contribution in [1.82, 2.24) is 5.32 Å². The van der Waals surface area contributed by atoms with E-state index in [0.717, 1.165) is 22.6 Å².